The minimum Gasteiger partial charge on any atom is -0.351 e. The van der Waals surface area contributed by atoms with Gasteiger partial charge in [-0.15, -0.1) is 0 Å². The Kier molecular flexibility index (Phi) is 2.64. The Morgan fingerprint density at radius 2 is 1.84 bits per heavy atom. The van der Waals surface area contributed by atoms with Gasteiger partial charge in [0.1, 0.15) is 5.69 Å². The van der Waals surface area contributed by atoms with Gasteiger partial charge in [-0.05, 0) is 30.5 Å². The molecule has 19 heavy (non-hydrogen) atoms. The molecule has 1 aliphatic rings. The maximum Gasteiger partial charge on any atom is 0.431 e. The van der Waals surface area contributed by atoms with Crippen LogP contribution in [0.4, 0.5) is 13.2 Å². The lowest BCUT2D eigenvalue weighted by atomic mass is 9.87. The standard InChI is InChI=1S/C14H15F3N2/c15-14(16,17)12-8-9-10(4-3-5-11(9)19-12)13(18)6-1-2-7-13/h3-5,8,19H,1-2,6-7,18H2. The van der Waals surface area contributed by atoms with Crippen LogP contribution in [0.1, 0.15) is 36.9 Å². The Hall–Kier alpha value is -1.49. The quantitative estimate of drug-likeness (QED) is 0.808. The van der Waals surface area contributed by atoms with Crippen molar-refractivity contribution in [2.24, 2.45) is 5.73 Å². The zero-order valence-corrected chi connectivity index (χ0v) is 10.3. The van der Waals surface area contributed by atoms with Gasteiger partial charge in [0.2, 0.25) is 0 Å². The first-order valence-electron chi connectivity index (χ1n) is 6.38. The SMILES string of the molecule is NC1(c2cccc3[nH]c(C(F)(F)F)cc23)CCCC1. The van der Waals surface area contributed by atoms with E-state index in [4.69, 9.17) is 5.73 Å². The van der Waals surface area contributed by atoms with Crippen molar-refractivity contribution in [3.8, 4) is 0 Å². The fraction of sp³-hybridized carbons (Fsp3) is 0.429. The Morgan fingerprint density at radius 1 is 1.16 bits per heavy atom. The van der Waals surface area contributed by atoms with Gasteiger partial charge < -0.3 is 10.7 Å². The smallest absolute Gasteiger partial charge is 0.351 e. The van der Waals surface area contributed by atoms with Crippen LogP contribution in [-0.2, 0) is 11.7 Å². The van der Waals surface area contributed by atoms with E-state index in [1.807, 2.05) is 6.07 Å². The molecular formula is C14H15F3N2. The second kappa shape index (κ2) is 4.00. The van der Waals surface area contributed by atoms with Crippen LogP contribution in [0.25, 0.3) is 10.9 Å². The fourth-order valence-electron chi connectivity index (χ4n) is 3.02. The number of benzene rings is 1. The highest BCUT2D eigenvalue weighted by atomic mass is 19.4. The van der Waals surface area contributed by atoms with Crippen LogP contribution in [0.2, 0.25) is 0 Å². The average molecular weight is 268 g/mol. The summed E-state index contributed by atoms with van der Waals surface area (Å²) in [7, 11) is 0. The van der Waals surface area contributed by atoms with E-state index in [9.17, 15) is 13.2 Å². The third-order valence-corrected chi connectivity index (χ3v) is 4.00. The summed E-state index contributed by atoms with van der Waals surface area (Å²) in [5.74, 6) is 0. The summed E-state index contributed by atoms with van der Waals surface area (Å²) in [4.78, 5) is 2.44. The predicted octanol–water partition coefficient (Wildman–Crippen LogP) is 3.91. The molecule has 0 bridgehead atoms. The topological polar surface area (TPSA) is 41.8 Å². The molecular weight excluding hydrogens is 253 g/mol. The van der Waals surface area contributed by atoms with Crippen LogP contribution in [0.5, 0.6) is 0 Å². The van der Waals surface area contributed by atoms with E-state index < -0.39 is 17.4 Å². The van der Waals surface area contributed by atoms with Crippen LogP contribution in [0, 0.1) is 0 Å². The minimum absolute atomic E-state index is 0.482. The number of halogens is 3. The first-order chi connectivity index (χ1) is 8.90. The highest BCUT2D eigenvalue weighted by Crippen LogP contribution is 2.41. The maximum atomic E-state index is 12.8. The predicted molar refractivity (Wildman–Crippen MR) is 67.6 cm³/mol. The number of aromatic nitrogens is 1. The minimum atomic E-state index is -4.35. The first kappa shape index (κ1) is 12.5. The van der Waals surface area contributed by atoms with Crippen molar-refractivity contribution < 1.29 is 13.2 Å². The van der Waals surface area contributed by atoms with Crippen molar-refractivity contribution in [2.75, 3.05) is 0 Å². The van der Waals surface area contributed by atoms with Gasteiger partial charge in [0.25, 0.3) is 0 Å². The van der Waals surface area contributed by atoms with E-state index in [-0.39, 0.29) is 0 Å². The van der Waals surface area contributed by atoms with Gasteiger partial charge >= 0.3 is 6.18 Å². The van der Waals surface area contributed by atoms with Gasteiger partial charge in [-0.3, -0.25) is 0 Å². The van der Waals surface area contributed by atoms with Crippen LogP contribution < -0.4 is 5.73 Å². The normalized spacial score (nSPS) is 19.2. The molecule has 0 amide bonds. The number of fused-ring (bicyclic) bond motifs is 1. The van der Waals surface area contributed by atoms with Gasteiger partial charge in [-0.2, -0.15) is 13.2 Å². The molecule has 0 radical (unpaired) electrons. The van der Waals surface area contributed by atoms with Crippen molar-refractivity contribution in [1.82, 2.24) is 4.98 Å². The van der Waals surface area contributed by atoms with E-state index in [1.165, 1.54) is 6.07 Å². The van der Waals surface area contributed by atoms with Gasteiger partial charge in [-0.25, -0.2) is 0 Å². The maximum absolute atomic E-state index is 12.8. The van der Waals surface area contributed by atoms with Crippen molar-refractivity contribution in [3.05, 3.63) is 35.5 Å². The van der Waals surface area contributed by atoms with Crippen LogP contribution in [0.15, 0.2) is 24.3 Å². The number of nitrogens with one attached hydrogen (secondary N) is 1. The molecule has 3 N–H and O–H groups in total. The lowest BCUT2D eigenvalue weighted by molar-refractivity contribution is -0.140. The molecule has 1 heterocycles. The molecule has 2 aromatic rings. The average Bonchev–Trinajstić information content (AvgIpc) is 2.94. The Bertz CT molecular complexity index is 607. The van der Waals surface area contributed by atoms with Crippen molar-refractivity contribution in [3.63, 3.8) is 0 Å². The molecule has 3 rings (SSSR count). The third kappa shape index (κ3) is 2.02. The lowest BCUT2D eigenvalue weighted by Crippen LogP contribution is -2.33. The van der Waals surface area contributed by atoms with Crippen molar-refractivity contribution >= 4 is 10.9 Å². The van der Waals surface area contributed by atoms with Crippen LogP contribution >= 0.6 is 0 Å². The number of aromatic amines is 1. The number of nitrogens with two attached hydrogens (primary N) is 1. The molecule has 102 valence electrons. The van der Waals surface area contributed by atoms with E-state index in [2.05, 4.69) is 4.98 Å². The van der Waals surface area contributed by atoms with Gasteiger partial charge in [0, 0.05) is 16.4 Å². The molecule has 2 nitrogen and oxygen atoms in total. The molecule has 0 aliphatic heterocycles. The highest BCUT2D eigenvalue weighted by Gasteiger charge is 2.36. The van der Waals surface area contributed by atoms with E-state index >= 15 is 0 Å². The molecule has 1 aromatic carbocycles. The third-order valence-electron chi connectivity index (χ3n) is 4.00. The molecule has 0 unspecified atom stereocenters. The van der Waals surface area contributed by atoms with Gasteiger partial charge in [0.05, 0.1) is 0 Å². The second-order valence-corrected chi connectivity index (χ2v) is 5.31. The number of alkyl halides is 3. The molecule has 0 atom stereocenters. The molecule has 0 saturated heterocycles. The van der Waals surface area contributed by atoms with Gasteiger partial charge in [-0.1, -0.05) is 25.0 Å². The molecule has 0 spiro atoms. The molecule has 1 fully saturated rings. The van der Waals surface area contributed by atoms with Crippen LogP contribution in [-0.4, -0.2) is 4.98 Å². The monoisotopic (exact) mass is 268 g/mol. The zero-order chi connectivity index (χ0) is 13.7. The van der Waals surface area contributed by atoms with E-state index in [0.29, 0.717) is 10.9 Å². The second-order valence-electron chi connectivity index (χ2n) is 5.31. The fourth-order valence-corrected chi connectivity index (χ4v) is 3.02. The van der Waals surface area contributed by atoms with Crippen LogP contribution in [0.3, 0.4) is 0 Å². The summed E-state index contributed by atoms with van der Waals surface area (Å²) in [6.07, 6.45) is -0.627. The molecule has 1 aliphatic carbocycles. The van der Waals surface area contributed by atoms with E-state index in [0.717, 1.165) is 31.2 Å². The summed E-state index contributed by atoms with van der Waals surface area (Å²) in [5.41, 5.74) is 6.51. The lowest BCUT2D eigenvalue weighted by Gasteiger charge is -2.25. The Morgan fingerprint density at radius 3 is 2.47 bits per heavy atom. The largest absolute Gasteiger partial charge is 0.431 e. The zero-order valence-electron chi connectivity index (χ0n) is 10.3. The summed E-state index contributed by atoms with van der Waals surface area (Å²) in [5, 5.41) is 0.597. The summed E-state index contributed by atoms with van der Waals surface area (Å²) < 4.78 is 38.3. The number of H-pyrrole nitrogens is 1. The number of hydrogen-bond donors (Lipinski definition) is 2. The first-order valence-corrected chi connectivity index (χ1v) is 6.38. The Balaban J connectivity index is 2.18. The molecule has 5 heteroatoms. The molecule has 1 saturated carbocycles. The van der Waals surface area contributed by atoms with E-state index in [1.54, 1.807) is 12.1 Å². The summed E-state index contributed by atoms with van der Waals surface area (Å²) >= 11 is 0. The van der Waals surface area contributed by atoms with Crippen molar-refractivity contribution in [2.45, 2.75) is 37.4 Å². The highest BCUT2D eigenvalue weighted by molar-refractivity contribution is 5.85. The molecule has 1 aromatic heterocycles. The number of hydrogen-bond acceptors (Lipinski definition) is 1. The number of rotatable bonds is 1. The summed E-state index contributed by atoms with van der Waals surface area (Å²) in [6, 6.07) is 6.45. The van der Waals surface area contributed by atoms with Gasteiger partial charge in [0.15, 0.2) is 0 Å². The van der Waals surface area contributed by atoms with Crippen molar-refractivity contribution in [1.29, 1.82) is 0 Å². The summed E-state index contributed by atoms with van der Waals surface area (Å²) in [6.45, 7) is 0. The Labute approximate surface area is 108 Å².